The molecule has 4 heteroatoms. The minimum Gasteiger partial charge on any atom is -0.385 e. The number of nitrogens with two attached hydrogens (primary N) is 1. The van der Waals surface area contributed by atoms with Gasteiger partial charge in [0.2, 0.25) is 5.91 Å². The van der Waals surface area contributed by atoms with Crippen molar-refractivity contribution in [2.75, 3.05) is 11.9 Å². The van der Waals surface area contributed by atoms with Crippen molar-refractivity contribution < 1.29 is 4.79 Å². The third kappa shape index (κ3) is 4.44. The Balaban J connectivity index is 2.21. The Labute approximate surface area is 89.9 Å². The fourth-order valence-corrected chi connectivity index (χ4v) is 1.32. The van der Waals surface area contributed by atoms with E-state index < -0.39 is 0 Å². The number of primary amides is 1. The maximum atomic E-state index is 10.5. The summed E-state index contributed by atoms with van der Waals surface area (Å²) >= 11 is 0. The van der Waals surface area contributed by atoms with E-state index in [1.165, 1.54) is 0 Å². The number of carbonyl (C=O) groups is 1. The topological polar surface area (TPSA) is 68.0 Å². The van der Waals surface area contributed by atoms with Crippen molar-refractivity contribution in [3.63, 3.8) is 0 Å². The summed E-state index contributed by atoms with van der Waals surface area (Å²) in [5, 5.41) is 3.29. The fraction of sp³-hybridized carbons (Fsp3) is 0.455. The highest BCUT2D eigenvalue weighted by Crippen LogP contribution is 2.11. The molecule has 0 saturated carbocycles. The molecule has 4 nitrogen and oxygen atoms in total. The summed E-state index contributed by atoms with van der Waals surface area (Å²) in [5.41, 5.74) is 7.28. The molecule has 0 aromatic carbocycles. The number of hydrogen-bond acceptors (Lipinski definition) is 3. The lowest BCUT2D eigenvalue weighted by atomic mass is 10.2. The van der Waals surface area contributed by atoms with Crippen LogP contribution in [-0.4, -0.2) is 17.4 Å². The molecule has 1 amide bonds. The first-order valence-electron chi connectivity index (χ1n) is 5.13. The van der Waals surface area contributed by atoms with Crippen LogP contribution in [0.25, 0.3) is 0 Å². The number of nitrogens with zero attached hydrogens (tertiary/aromatic N) is 1. The Morgan fingerprint density at radius 1 is 1.53 bits per heavy atom. The zero-order chi connectivity index (χ0) is 11.1. The molecule has 0 spiro atoms. The lowest BCUT2D eigenvalue weighted by Crippen LogP contribution is -2.11. The van der Waals surface area contributed by atoms with E-state index in [1.807, 2.05) is 19.2 Å². The van der Waals surface area contributed by atoms with Crippen molar-refractivity contribution in [3.05, 3.63) is 24.0 Å². The smallest absolute Gasteiger partial charge is 0.217 e. The van der Waals surface area contributed by atoms with Crippen molar-refractivity contribution in [1.29, 1.82) is 0 Å². The molecule has 0 saturated heterocycles. The zero-order valence-corrected chi connectivity index (χ0v) is 8.99. The van der Waals surface area contributed by atoms with Gasteiger partial charge in [0.05, 0.1) is 0 Å². The van der Waals surface area contributed by atoms with Crippen LogP contribution in [0.4, 0.5) is 5.69 Å². The third-order valence-electron chi connectivity index (χ3n) is 2.19. The molecule has 0 bridgehead atoms. The summed E-state index contributed by atoms with van der Waals surface area (Å²) in [6.07, 6.45) is 5.85. The predicted octanol–water partition coefficient (Wildman–Crippen LogP) is 1.46. The summed E-state index contributed by atoms with van der Waals surface area (Å²) in [6, 6.07) is 1.95. The highest BCUT2D eigenvalue weighted by molar-refractivity contribution is 5.73. The first-order valence-corrected chi connectivity index (χ1v) is 5.13. The van der Waals surface area contributed by atoms with Crippen LogP contribution in [-0.2, 0) is 4.79 Å². The lowest BCUT2D eigenvalue weighted by molar-refractivity contribution is -0.118. The summed E-state index contributed by atoms with van der Waals surface area (Å²) in [7, 11) is 0. The summed E-state index contributed by atoms with van der Waals surface area (Å²) < 4.78 is 0. The molecular weight excluding hydrogens is 190 g/mol. The molecule has 3 N–H and O–H groups in total. The number of carbonyl (C=O) groups excluding carboxylic acids is 1. The second kappa shape index (κ2) is 6.01. The van der Waals surface area contributed by atoms with Crippen LogP contribution >= 0.6 is 0 Å². The van der Waals surface area contributed by atoms with Crippen molar-refractivity contribution in [2.45, 2.75) is 26.2 Å². The van der Waals surface area contributed by atoms with E-state index in [9.17, 15) is 4.79 Å². The summed E-state index contributed by atoms with van der Waals surface area (Å²) in [6.45, 7) is 2.87. The number of hydrogen-bond donors (Lipinski definition) is 2. The van der Waals surface area contributed by atoms with Crippen molar-refractivity contribution in [3.8, 4) is 0 Å². The van der Waals surface area contributed by atoms with Gasteiger partial charge in [-0.3, -0.25) is 9.78 Å². The van der Waals surface area contributed by atoms with E-state index in [4.69, 9.17) is 5.73 Å². The second-order valence-corrected chi connectivity index (χ2v) is 3.54. The van der Waals surface area contributed by atoms with Gasteiger partial charge in [-0.25, -0.2) is 0 Å². The average Bonchev–Trinajstić information content (AvgIpc) is 2.20. The number of rotatable bonds is 6. The van der Waals surface area contributed by atoms with Gasteiger partial charge in [-0.1, -0.05) is 0 Å². The molecule has 0 aliphatic carbocycles. The molecule has 0 aliphatic rings. The third-order valence-corrected chi connectivity index (χ3v) is 2.19. The van der Waals surface area contributed by atoms with Crippen LogP contribution in [0.2, 0.25) is 0 Å². The van der Waals surface area contributed by atoms with Crippen LogP contribution in [0.15, 0.2) is 18.5 Å². The molecule has 0 aliphatic heterocycles. The molecule has 0 unspecified atom stereocenters. The molecule has 15 heavy (non-hydrogen) atoms. The van der Waals surface area contributed by atoms with E-state index in [-0.39, 0.29) is 5.91 Å². The minimum atomic E-state index is -0.227. The van der Waals surface area contributed by atoms with Crippen molar-refractivity contribution in [2.24, 2.45) is 5.73 Å². The monoisotopic (exact) mass is 207 g/mol. The van der Waals surface area contributed by atoms with Gasteiger partial charge in [0.1, 0.15) is 0 Å². The van der Waals surface area contributed by atoms with Gasteiger partial charge in [-0.2, -0.15) is 0 Å². The van der Waals surface area contributed by atoms with Crippen LogP contribution < -0.4 is 11.1 Å². The number of unbranched alkanes of at least 4 members (excludes halogenated alkanes) is 1. The van der Waals surface area contributed by atoms with E-state index >= 15 is 0 Å². The SMILES string of the molecule is Cc1cnccc1NCCCCC(N)=O. The molecule has 1 heterocycles. The molecule has 0 fully saturated rings. The van der Waals surface area contributed by atoms with Gasteiger partial charge in [-0.15, -0.1) is 0 Å². The number of aromatic nitrogens is 1. The first-order chi connectivity index (χ1) is 7.20. The number of anilines is 1. The van der Waals surface area contributed by atoms with Gasteiger partial charge >= 0.3 is 0 Å². The number of aryl methyl sites for hydroxylation is 1. The minimum absolute atomic E-state index is 0.227. The molecule has 82 valence electrons. The predicted molar refractivity (Wildman–Crippen MR) is 60.5 cm³/mol. The second-order valence-electron chi connectivity index (χ2n) is 3.54. The molecule has 0 atom stereocenters. The standard InChI is InChI=1S/C11H17N3O/c1-9-8-13-7-5-10(9)14-6-3-2-4-11(12)15/h5,7-8H,2-4,6H2,1H3,(H2,12,15)(H,13,14). The van der Waals surface area contributed by atoms with Gasteiger partial charge < -0.3 is 11.1 Å². The summed E-state index contributed by atoms with van der Waals surface area (Å²) in [5.74, 6) is -0.227. The normalized spacial score (nSPS) is 9.93. The first kappa shape index (κ1) is 11.5. The fourth-order valence-electron chi connectivity index (χ4n) is 1.32. The highest BCUT2D eigenvalue weighted by Gasteiger charge is 1.97. The lowest BCUT2D eigenvalue weighted by Gasteiger charge is -2.07. The maximum Gasteiger partial charge on any atom is 0.217 e. The van der Waals surface area contributed by atoms with Gasteiger partial charge in [0.15, 0.2) is 0 Å². The van der Waals surface area contributed by atoms with E-state index in [2.05, 4.69) is 10.3 Å². The van der Waals surface area contributed by atoms with E-state index in [0.717, 1.165) is 30.6 Å². The Morgan fingerprint density at radius 3 is 3.00 bits per heavy atom. The van der Waals surface area contributed by atoms with Crippen molar-refractivity contribution in [1.82, 2.24) is 4.98 Å². The maximum absolute atomic E-state index is 10.5. The quantitative estimate of drug-likeness (QED) is 0.694. The molecule has 1 aromatic heterocycles. The largest absolute Gasteiger partial charge is 0.385 e. The Hall–Kier alpha value is -1.58. The number of amides is 1. The van der Waals surface area contributed by atoms with E-state index in [0.29, 0.717) is 6.42 Å². The number of pyridine rings is 1. The van der Waals surface area contributed by atoms with E-state index in [1.54, 1.807) is 6.20 Å². The summed E-state index contributed by atoms with van der Waals surface area (Å²) in [4.78, 5) is 14.5. The van der Waals surface area contributed by atoms with Crippen LogP contribution in [0.1, 0.15) is 24.8 Å². The van der Waals surface area contributed by atoms with Crippen molar-refractivity contribution >= 4 is 11.6 Å². The Kier molecular flexibility index (Phi) is 4.60. The van der Waals surface area contributed by atoms with Gasteiger partial charge in [0.25, 0.3) is 0 Å². The Morgan fingerprint density at radius 2 is 2.33 bits per heavy atom. The Bertz CT molecular complexity index is 325. The average molecular weight is 207 g/mol. The highest BCUT2D eigenvalue weighted by atomic mass is 16.1. The molecule has 1 aromatic rings. The molecule has 1 rings (SSSR count). The zero-order valence-electron chi connectivity index (χ0n) is 8.99. The van der Waals surface area contributed by atoms with Crippen LogP contribution in [0, 0.1) is 6.92 Å². The van der Waals surface area contributed by atoms with Gasteiger partial charge in [-0.05, 0) is 31.4 Å². The number of nitrogens with one attached hydrogen (secondary N) is 1. The van der Waals surface area contributed by atoms with Crippen LogP contribution in [0.5, 0.6) is 0 Å². The van der Waals surface area contributed by atoms with Gasteiger partial charge in [0, 0.05) is 31.0 Å². The van der Waals surface area contributed by atoms with Crippen LogP contribution in [0.3, 0.4) is 0 Å². The molecular formula is C11H17N3O. The molecule has 0 radical (unpaired) electrons.